The van der Waals surface area contributed by atoms with Crippen molar-refractivity contribution in [2.24, 2.45) is 11.8 Å². The third-order valence-corrected chi connectivity index (χ3v) is 11.7. The van der Waals surface area contributed by atoms with Crippen LogP contribution in [0.25, 0.3) is 0 Å². The number of hydrogen-bond donors (Lipinski definition) is 6. The Balaban J connectivity index is 2.58. The zero-order valence-corrected chi connectivity index (χ0v) is 39.9. The zero-order valence-electron chi connectivity index (χ0n) is 38.1. The molecule has 16 nitrogen and oxygen atoms in total. The van der Waals surface area contributed by atoms with Gasteiger partial charge in [-0.1, -0.05) is 120 Å². The maximum absolute atomic E-state index is 12.8. The van der Waals surface area contributed by atoms with E-state index in [4.69, 9.17) is 23.8 Å². The van der Waals surface area contributed by atoms with Crippen LogP contribution in [0.3, 0.4) is 0 Å². The number of phosphoric ester groups is 2. The SMILES string of the molecule is CCCCC/C=C\C/C=C\C/C=C\CCCCCCC(=O)OC[C@H](COP(=O)(O)OC[C@@H](O)COP(=O)(O)O)OC(=O)CCC/C=C\C[C@H]1C(=O)C[C@@H](O)[C@@H]1/C=C/[C@@H](O)CCCCC. The molecule has 1 fully saturated rings. The number of hydrogen-bond acceptors (Lipinski definition) is 13. The number of aliphatic hydroxyl groups excluding tert-OH is 3. The van der Waals surface area contributed by atoms with Gasteiger partial charge in [-0.25, -0.2) is 9.13 Å². The van der Waals surface area contributed by atoms with Crippen molar-refractivity contribution in [3.8, 4) is 0 Å². The fraction of sp³-hybridized carbons (Fsp3) is 0.717. The highest BCUT2D eigenvalue weighted by Gasteiger charge is 2.39. The van der Waals surface area contributed by atoms with Gasteiger partial charge in [0.15, 0.2) is 6.10 Å². The van der Waals surface area contributed by atoms with E-state index in [1.807, 2.05) is 12.2 Å². The first-order valence-electron chi connectivity index (χ1n) is 23.1. The molecule has 0 aromatic heterocycles. The lowest BCUT2D eigenvalue weighted by molar-refractivity contribution is -0.161. The molecule has 0 amide bonds. The smallest absolute Gasteiger partial charge is 0.462 e. The van der Waals surface area contributed by atoms with E-state index in [1.54, 1.807) is 12.2 Å². The van der Waals surface area contributed by atoms with Gasteiger partial charge in [-0.2, -0.15) is 0 Å². The largest absolute Gasteiger partial charge is 0.472 e. The maximum Gasteiger partial charge on any atom is 0.472 e. The molecule has 0 heterocycles. The second-order valence-corrected chi connectivity index (χ2v) is 18.8. The zero-order chi connectivity index (χ0) is 47.5. The van der Waals surface area contributed by atoms with E-state index in [1.165, 1.54) is 19.3 Å². The van der Waals surface area contributed by atoms with Gasteiger partial charge in [0.25, 0.3) is 0 Å². The Bertz CT molecular complexity index is 1520. The highest BCUT2D eigenvalue weighted by atomic mass is 31.2. The Labute approximate surface area is 381 Å². The summed E-state index contributed by atoms with van der Waals surface area (Å²) >= 11 is 0. The van der Waals surface area contributed by atoms with Gasteiger partial charge >= 0.3 is 27.6 Å². The van der Waals surface area contributed by atoms with Crippen molar-refractivity contribution in [2.45, 2.75) is 173 Å². The first-order valence-corrected chi connectivity index (χ1v) is 26.1. The molecule has 18 heteroatoms. The van der Waals surface area contributed by atoms with Crippen LogP contribution in [0.5, 0.6) is 0 Å². The molecule has 6 N–H and O–H groups in total. The Morgan fingerprint density at radius 2 is 1.25 bits per heavy atom. The summed E-state index contributed by atoms with van der Waals surface area (Å²) in [6.07, 6.45) is 31.5. The Morgan fingerprint density at radius 3 is 1.92 bits per heavy atom. The lowest BCUT2D eigenvalue weighted by Crippen LogP contribution is -2.29. The van der Waals surface area contributed by atoms with Crippen LogP contribution < -0.4 is 0 Å². The summed E-state index contributed by atoms with van der Waals surface area (Å²) < 4.78 is 47.8. The molecule has 0 radical (unpaired) electrons. The molecule has 0 aromatic carbocycles. The third-order valence-electron chi connectivity index (χ3n) is 10.2. The highest BCUT2D eigenvalue weighted by Crippen LogP contribution is 2.44. The standard InChI is InChI=1S/C46H78O16P2/c1-3-5-7-8-9-10-11-12-13-14-15-16-17-18-19-20-25-29-45(51)58-36-40(37-61-64(56,57)60-35-39(48)34-59-63(53,54)55)62-46(52)30-26-22-21-24-28-41-42(44(50)33-43(41)49)32-31-38(47)27-23-6-4-2/h9-10,12-13,15-16,21,24,31-32,38-42,44,47-48,50H,3-8,11,14,17-20,22-23,25-30,33-37H2,1-2H3,(H,56,57)(H2,53,54,55)/b10-9-,13-12-,16-15-,24-21-,32-31+/t38-,39-,40+,41+,42+,44+/m0/s1. The van der Waals surface area contributed by atoms with Crippen LogP contribution in [0.4, 0.5) is 0 Å². The number of esters is 2. The van der Waals surface area contributed by atoms with Crippen LogP contribution in [0.1, 0.15) is 149 Å². The predicted molar refractivity (Wildman–Crippen MR) is 245 cm³/mol. The van der Waals surface area contributed by atoms with Crippen molar-refractivity contribution in [1.82, 2.24) is 0 Å². The van der Waals surface area contributed by atoms with Crippen LogP contribution in [0.2, 0.25) is 0 Å². The first-order chi connectivity index (χ1) is 30.6. The number of carbonyl (C=O) groups excluding carboxylic acids is 3. The number of ketones is 1. The van der Waals surface area contributed by atoms with E-state index in [0.29, 0.717) is 32.1 Å². The van der Waals surface area contributed by atoms with Crippen molar-refractivity contribution in [3.05, 3.63) is 60.8 Å². The molecule has 0 aromatic rings. The number of ether oxygens (including phenoxy) is 2. The average Bonchev–Trinajstić information content (AvgIpc) is 3.51. The van der Waals surface area contributed by atoms with Crippen LogP contribution in [0.15, 0.2) is 60.8 Å². The second kappa shape index (κ2) is 36.5. The van der Waals surface area contributed by atoms with Crippen molar-refractivity contribution in [3.63, 3.8) is 0 Å². The molecule has 1 aliphatic carbocycles. The molecule has 1 unspecified atom stereocenters. The molecule has 1 saturated carbocycles. The van der Waals surface area contributed by atoms with Gasteiger partial charge in [0, 0.05) is 31.1 Å². The number of carbonyl (C=O) groups is 3. The molecule has 64 heavy (non-hydrogen) atoms. The fourth-order valence-corrected chi connectivity index (χ4v) is 7.78. The van der Waals surface area contributed by atoms with Gasteiger partial charge in [-0.05, 0) is 70.6 Å². The van der Waals surface area contributed by atoms with E-state index >= 15 is 0 Å². The van der Waals surface area contributed by atoms with Crippen molar-refractivity contribution < 1.29 is 76.6 Å². The molecule has 0 aliphatic heterocycles. The van der Waals surface area contributed by atoms with E-state index in [9.17, 15) is 43.7 Å². The summed E-state index contributed by atoms with van der Waals surface area (Å²) in [6, 6.07) is 0. The Kier molecular flexibility index (Phi) is 33.9. The summed E-state index contributed by atoms with van der Waals surface area (Å²) in [5.74, 6) is -2.14. The number of rotatable bonds is 39. The molecule has 368 valence electrons. The summed E-state index contributed by atoms with van der Waals surface area (Å²) in [6.45, 7) is 1.29. The molecular weight excluding hydrogens is 870 g/mol. The number of allylic oxidation sites excluding steroid dienone is 8. The van der Waals surface area contributed by atoms with E-state index < -0.39 is 90.3 Å². The molecule has 0 bridgehead atoms. The number of unbranched alkanes of at least 4 members (excludes halogenated alkanes) is 10. The quantitative estimate of drug-likeness (QED) is 0.0146. The maximum atomic E-state index is 12.8. The normalized spacial score (nSPS) is 19.7. The van der Waals surface area contributed by atoms with E-state index in [-0.39, 0.29) is 25.0 Å². The highest BCUT2D eigenvalue weighted by molar-refractivity contribution is 7.47. The van der Waals surface area contributed by atoms with Gasteiger partial charge in [-0.3, -0.25) is 28.0 Å². The Morgan fingerprint density at radius 1 is 0.688 bits per heavy atom. The molecule has 1 rings (SSSR count). The van der Waals surface area contributed by atoms with Gasteiger partial charge in [-0.15, -0.1) is 0 Å². The lowest BCUT2D eigenvalue weighted by atomic mass is 9.90. The molecule has 0 spiro atoms. The lowest BCUT2D eigenvalue weighted by Gasteiger charge is -2.20. The third kappa shape index (κ3) is 33.0. The number of phosphoric acid groups is 2. The summed E-state index contributed by atoms with van der Waals surface area (Å²) in [4.78, 5) is 65.6. The van der Waals surface area contributed by atoms with Crippen LogP contribution in [0, 0.1) is 11.8 Å². The van der Waals surface area contributed by atoms with Crippen LogP contribution >= 0.6 is 15.6 Å². The van der Waals surface area contributed by atoms with Crippen LogP contribution in [-0.4, -0.2) is 98.6 Å². The van der Waals surface area contributed by atoms with Gasteiger partial charge in [0.2, 0.25) is 0 Å². The Hall–Kier alpha value is -2.59. The van der Waals surface area contributed by atoms with E-state index in [0.717, 1.165) is 64.2 Å². The average molecular weight is 949 g/mol. The topological polar surface area (TPSA) is 253 Å². The van der Waals surface area contributed by atoms with Crippen molar-refractivity contribution in [2.75, 3.05) is 26.4 Å². The van der Waals surface area contributed by atoms with Crippen molar-refractivity contribution in [1.29, 1.82) is 0 Å². The number of aliphatic hydroxyl groups is 3. The number of Topliss-reactive ketones (excluding diaryl/α,β-unsaturated/α-hetero) is 1. The first kappa shape index (κ1) is 59.4. The van der Waals surface area contributed by atoms with E-state index in [2.05, 4.69) is 59.4 Å². The van der Waals surface area contributed by atoms with Crippen molar-refractivity contribution >= 4 is 33.4 Å². The monoisotopic (exact) mass is 948 g/mol. The van der Waals surface area contributed by atoms with Crippen LogP contribution in [-0.2, 0) is 46.6 Å². The summed E-state index contributed by atoms with van der Waals surface area (Å²) in [5, 5.41) is 30.5. The second-order valence-electron chi connectivity index (χ2n) is 16.1. The fourth-order valence-electron chi connectivity index (χ4n) is 6.63. The molecular formula is C46H78O16P2. The molecule has 0 saturated heterocycles. The minimum absolute atomic E-state index is 0.0500. The minimum Gasteiger partial charge on any atom is -0.462 e. The van der Waals surface area contributed by atoms with Gasteiger partial charge in [0.05, 0.1) is 32.0 Å². The predicted octanol–water partition coefficient (Wildman–Crippen LogP) is 8.60. The van der Waals surface area contributed by atoms with Gasteiger partial charge in [0.1, 0.15) is 18.5 Å². The van der Waals surface area contributed by atoms with Gasteiger partial charge < -0.3 is 39.5 Å². The summed E-state index contributed by atoms with van der Waals surface area (Å²) in [5.41, 5.74) is 0. The summed E-state index contributed by atoms with van der Waals surface area (Å²) in [7, 11) is -9.80. The molecule has 7 atom stereocenters. The minimum atomic E-state index is -4.91. The molecule has 1 aliphatic rings.